The van der Waals surface area contributed by atoms with Crippen molar-refractivity contribution in [1.29, 1.82) is 0 Å². The number of ether oxygens (including phenoxy) is 1. The number of hydrogen-bond acceptors (Lipinski definition) is 3. The maximum absolute atomic E-state index is 13.0. The Kier molecular flexibility index (Phi) is 3.33. The molecular formula is C11H9F3N2O2. The number of rotatable bonds is 3. The van der Waals surface area contributed by atoms with Crippen molar-refractivity contribution in [2.45, 2.75) is 6.42 Å². The summed E-state index contributed by atoms with van der Waals surface area (Å²) in [6, 6.07) is 1.44. The summed E-state index contributed by atoms with van der Waals surface area (Å²) in [5.74, 6) is -4.76. The van der Waals surface area contributed by atoms with Gasteiger partial charge >= 0.3 is 0 Å². The lowest BCUT2D eigenvalue weighted by Crippen LogP contribution is -2.20. The molecule has 1 aliphatic heterocycles. The van der Waals surface area contributed by atoms with Crippen molar-refractivity contribution in [1.82, 2.24) is 0 Å². The van der Waals surface area contributed by atoms with E-state index in [9.17, 15) is 18.0 Å². The summed E-state index contributed by atoms with van der Waals surface area (Å²) in [4.78, 5) is 11.6. The van der Waals surface area contributed by atoms with Crippen molar-refractivity contribution in [3.8, 4) is 0 Å². The standard InChI is InChI=1S/C11H9F3N2O2/c1-18-5-6-2-10(17)16(15-6)7-3-8(12)11(14)9(13)4-7/h3-4H,2,5H2,1H3. The van der Waals surface area contributed by atoms with Crippen LogP contribution in [-0.4, -0.2) is 25.3 Å². The van der Waals surface area contributed by atoms with Gasteiger partial charge in [0.2, 0.25) is 0 Å². The van der Waals surface area contributed by atoms with Gasteiger partial charge in [0.1, 0.15) is 0 Å². The number of hydrazone groups is 1. The number of carbonyl (C=O) groups is 1. The molecule has 7 heteroatoms. The van der Waals surface area contributed by atoms with Crippen LogP contribution in [0.25, 0.3) is 0 Å². The highest BCUT2D eigenvalue weighted by Crippen LogP contribution is 2.24. The van der Waals surface area contributed by atoms with Gasteiger partial charge in [-0.15, -0.1) is 0 Å². The van der Waals surface area contributed by atoms with Crippen molar-refractivity contribution in [2.24, 2.45) is 5.10 Å². The molecule has 0 aliphatic carbocycles. The molecule has 0 saturated heterocycles. The Bertz CT molecular complexity index is 508. The second-order valence-electron chi connectivity index (χ2n) is 3.70. The number of benzene rings is 1. The van der Waals surface area contributed by atoms with Crippen LogP contribution in [0.1, 0.15) is 6.42 Å². The van der Waals surface area contributed by atoms with Crippen molar-refractivity contribution in [3.05, 3.63) is 29.6 Å². The Labute approximate surface area is 101 Å². The van der Waals surface area contributed by atoms with Gasteiger partial charge in [0.15, 0.2) is 17.5 Å². The average molecular weight is 258 g/mol. The molecule has 0 radical (unpaired) electrons. The number of halogens is 3. The average Bonchev–Trinajstić information content (AvgIpc) is 2.67. The SMILES string of the molecule is COCC1=NN(c2cc(F)c(F)c(F)c2)C(=O)C1. The molecule has 0 spiro atoms. The Morgan fingerprint density at radius 2 is 1.94 bits per heavy atom. The van der Waals surface area contributed by atoms with Gasteiger partial charge in [0.05, 0.1) is 24.4 Å². The predicted octanol–water partition coefficient (Wildman–Crippen LogP) is 1.84. The lowest BCUT2D eigenvalue weighted by molar-refractivity contribution is -0.116. The normalized spacial score (nSPS) is 15.2. The van der Waals surface area contributed by atoms with E-state index in [1.165, 1.54) is 7.11 Å². The molecule has 1 aliphatic rings. The maximum atomic E-state index is 13.0. The summed E-state index contributed by atoms with van der Waals surface area (Å²) in [5, 5.41) is 4.69. The van der Waals surface area contributed by atoms with Crippen LogP contribution >= 0.6 is 0 Å². The summed E-state index contributed by atoms with van der Waals surface area (Å²) in [6.45, 7) is 0.147. The van der Waals surface area contributed by atoms with Gasteiger partial charge < -0.3 is 4.74 Å². The molecule has 96 valence electrons. The molecule has 2 rings (SSSR count). The van der Waals surface area contributed by atoms with Crippen LogP contribution in [0.2, 0.25) is 0 Å². The van der Waals surface area contributed by atoms with Crippen LogP contribution in [0.3, 0.4) is 0 Å². The van der Waals surface area contributed by atoms with Crippen molar-refractivity contribution >= 4 is 17.3 Å². The van der Waals surface area contributed by atoms with E-state index in [1.807, 2.05) is 0 Å². The Morgan fingerprint density at radius 1 is 1.33 bits per heavy atom. The zero-order valence-electron chi connectivity index (χ0n) is 9.41. The van der Waals surface area contributed by atoms with E-state index in [0.29, 0.717) is 5.71 Å². The maximum Gasteiger partial charge on any atom is 0.253 e. The molecule has 1 aromatic carbocycles. The van der Waals surface area contributed by atoms with Gasteiger partial charge in [-0.2, -0.15) is 5.10 Å². The van der Waals surface area contributed by atoms with Gasteiger partial charge in [-0.25, -0.2) is 18.2 Å². The monoisotopic (exact) mass is 258 g/mol. The minimum atomic E-state index is -1.58. The molecule has 1 amide bonds. The van der Waals surface area contributed by atoms with Crippen LogP contribution in [0.5, 0.6) is 0 Å². The number of nitrogens with zero attached hydrogens (tertiary/aromatic N) is 2. The van der Waals surface area contributed by atoms with E-state index >= 15 is 0 Å². The first-order valence-electron chi connectivity index (χ1n) is 5.05. The number of amides is 1. The van der Waals surface area contributed by atoms with Crippen molar-refractivity contribution < 1.29 is 22.7 Å². The molecule has 0 saturated carbocycles. The predicted molar refractivity (Wildman–Crippen MR) is 57.7 cm³/mol. The quantitative estimate of drug-likeness (QED) is 0.776. The molecule has 0 fully saturated rings. The first kappa shape index (κ1) is 12.6. The van der Waals surface area contributed by atoms with Crippen LogP contribution < -0.4 is 5.01 Å². The molecule has 0 aromatic heterocycles. The molecule has 1 heterocycles. The highest BCUT2D eigenvalue weighted by molar-refractivity contribution is 6.13. The van der Waals surface area contributed by atoms with Crippen LogP contribution in [0.4, 0.5) is 18.9 Å². The van der Waals surface area contributed by atoms with Gasteiger partial charge in [-0.1, -0.05) is 0 Å². The van der Waals surface area contributed by atoms with E-state index in [0.717, 1.165) is 17.1 Å². The Morgan fingerprint density at radius 3 is 2.50 bits per heavy atom. The van der Waals surface area contributed by atoms with E-state index < -0.39 is 23.4 Å². The van der Waals surface area contributed by atoms with Crippen LogP contribution in [-0.2, 0) is 9.53 Å². The summed E-state index contributed by atoms with van der Waals surface area (Å²) in [6.07, 6.45) is 0.00839. The summed E-state index contributed by atoms with van der Waals surface area (Å²) in [5.41, 5.74) is 0.287. The molecule has 18 heavy (non-hydrogen) atoms. The molecule has 0 bridgehead atoms. The largest absolute Gasteiger partial charge is 0.379 e. The molecular weight excluding hydrogens is 249 g/mol. The third-order valence-electron chi connectivity index (χ3n) is 2.36. The van der Waals surface area contributed by atoms with Crippen molar-refractivity contribution in [3.63, 3.8) is 0 Å². The van der Waals surface area contributed by atoms with Gasteiger partial charge in [0, 0.05) is 19.2 Å². The minimum absolute atomic E-state index is 0.00839. The number of carbonyl (C=O) groups excluding carboxylic acids is 1. The Balaban J connectivity index is 2.35. The Hall–Kier alpha value is -1.89. The van der Waals surface area contributed by atoms with Gasteiger partial charge in [-0.3, -0.25) is 4.79 Å². The molecule has 0 N–H and O–H groups in total. The van der Waals surface area contributed by atoms with E-state index in [-0.39, 0.29) is 18.7 Å². The van der Waals surface area contributed by atoms with Crippen LogP contribution in [0.15, 0.2) is 17.2 Å². The lowest BCUT2D eigenvalue weighted by Gasteiger charge is -2.12. The fourth-order valence-corrected chi connectivity index (χ4v) is 1.59. The van der Waals surface area contributed by atoms with E-state index in [2.05, 4.69) is 5.10 Å². The smallest absolute Gasteiger partial charge is 0.253 e. The van der Waals surface area contributed by atoms with Crippen molar-refractivity contribution in [2.75, 3.05) is 18.7 Å². The third kappa shape index (κ3) is 2.21. The minimum Gasteiger partial charge on any atom is -0.379 e. The fraction of sp³-hybridized carbons (Fsp3) is 0.273. The number of hydrogen-bond donors (Lipinski definition) is 0. The van der Waals surface area contributed by atoms with E-state index in [4.69, 9.17) is 4.74 Å². The molecule has 0 atom stereocenters. The zero-order chi connectivity index (χ0) is 13.3. The second kappa shape index (κ2) is 4.77. The summed E-state index contributed by atoms with van der Waals surface area (Å²) >= 11 is 0. The topological polar surface area (TPSA) is 41.9 Å². The summed E-state index contributed by atoms with van der Waals surface area (Å²) in [7, 11) is 1.44. The molecule has 4 nitrogen and oxygen atoms in total. The zero-order valence-corrected chi connectivity index (χ0v) is 9.41. The first-order chi connectivity index (χ1) is 8.52. The number of methoxy groups -OCH3 is 1. The third-order valence-corrected chi connectivity index (χ3v) is 2.36. The fourth-order valence-electron chi connectivity index (χ4n) is 1.59. The highest BCUT2D eigenvalue weighted by atomic mass is 19.2. The molecule has 0 unspecified atom stereocenters. The van der Waals surface area contributed by atoms with Gasteiger partial charge in [-0.05, 0) is 0 Å². The summed E-state index contributed by atoms with van der Waals surface area (Å²) < 4.78 is 43.7. The number of anilines is 1. The highest BCUT2D eigenvalue weighted by Gasteiger charge is 2.26. The van der Waals surface area contributed by atoms with Crippen LogP contribution in [0, 0.1) is 17.5 Å². The molecule has 1 aromatic rings. The first-order valence-corrected chi connectivity index (χ1v) is 5.05. The van der Waals surface area contributed by atoms with Gasteiger partial charge in [0.25, 0.3) is 5.91 Å². The second-order valence-corrected chi connectivity index (χ2v) is 3.70. The van der Waals surface area contributed by atoms with E-state index in [1.54, 1.807) is 0 Å². The lowest BCUT2D eigenvalue weighted by atomic mass is 10.2.